The Morgan fingerprint density at radius 2 is 2.00 bits per heavy atom. The highest BCUT2D eigenvalue weighted by molar-refractivity contribution is 7.08. The quantitative estimate of drug-likeness (QED) is 0.896. The molecule has 0 radical (unpaired) electrons. The van der Waals surface area contributed by atoms with Crippen LogP contribution >= 0.6 is 11.3 Å². The lowest BCUT2D eigenvalue weighted by Gasteiger charge is -2.06. The van der Waals surface area contributed by atoms with Crippen molar-refractivity contribution in [2.24, 2.45) is 0 Å². The number of thiophene rings is 1. The summed E-state index contributed by atoms with van der Waals surface area (Å²) in [6.07, 6.45) is 0. The fraction of sp³-hybridized carbons (Fsp3) is 0.143. The highest BCUT2D eigenvalue weighted by atomic mass is 32.1. The third-order valence-corrected chi connectivity index (χ3v) is 3.34. The smallest absolute Gasteiger partial charge is 0.252 e. The lowest BCUT2D eigenvalue weighted by molar-refractivity contribution is 0.0949. The molecular formula is C14H14N2O2S. The predicted molar refractivity (Wildman–Crippen MR) is 75.3 cm³/mol. The lowest BCUT2D eigenvalue weighted by atomic mass is 10.1. The first-order valence-corrected chi connectivity index (χ1v) is 6.76. The molecule has 0 atom stereocenters. The molecule has 0 aliphatic rings. The average molecular weight is 274 g/mol. The molecule has 0 aliphatic heterocycles. The van der Waals surface area contributed by atoms with Crippen molar-refractivity contribution >= 4 is 23.2 Å². The SMILES string of the molecule is CNC(=O)c1cccc(CNC(=O)c2ccsc2)c1. The fourth-order valence-electron chi connectivity index (χ4n) is 1.64. The van der Waals surface area contributed by atoms with E-state index in [1.54, 1.807) is 36.7 Å². The molecule has 4 nitrogen and oxygen atoms in total. The van der Waals surface area contributed by atoms with Crippen LogP contribution in [0.1, 0.15) is 26.3 Å². The average Bonchev–Trinajstić information content (AvgIpc) is 2.98. The molecule has 1 heterocycles. The minimum atomic E-state index is -0.133. The summed E-state index contributed by atoms with van der Waals surface area (Å²) >= 11 is 1.49. The van der Waals surface area contributed by atoms with Crippen LogP contribution < -0.4 is 10.6 Å². The fourth-order valence-corrected chi connectivity index (χ4v) is 2.28. The van der Waals surface area contributed by atoms with Gasteiger partial charge in [-0.15, -0.1) is 0 Å². The number of hydrogen-bond donors (Lipinski definition) is 2. The van der Waals surface area contributed by atoms with Gasteiger partial charge < -0.3 is 10.6 Å². The van der Waals surface area contributed by atoms with Gasteiger partial charge in [-0.05, 0) is 29.1 Å². The van der Waals surface area contributed by atoms with Gasteiger partial charge in [0.05, 0.1) is 0 Å². The van der Waals surface area contributed by atoms with Gasteiger partial charge >= 0.3 is 0 Å². The summed E-state index contributed by atoms with van der Waals surface area (Å²) in [5.74, 6) is -0.238. The summed E-state index contributed by atoms with van der Waals surface area (Å²) in [5, 5.41) is 9.06. The van der Waals surface area contributed by atoms with Crippen molar-refractivity contribution in [1.82, 2.24) is 10.6 Å². The monoisotopic (exact) mass is 274 g/mol. The van der Waals surface area contributed by atoms with E-state index in [1.165, 1.54) is 11.3 Å². The van der Waals surface area contributed by atoms with E-state index < -0.39 is 0 Å². The first-order valence-electron chi connectivity index (χ1n) is 5.82. The first-order chi connectivity index (χ1) is 9.20. The van der Waals surface area contributed by atoms with Gasteiger partial charge in [-0.1, -0.05) is 12.1 Å². The largest absolute Gasteiger partial charge is 0.355 e. The second kappa shape index (κ2) is 6.15. The van der Waals surface area contributed by atoms with Crippen molar-refractivity contribution in [2.45, 2.75) is 6.54 Å². The predicted octanol–water partition coefficient (Wildman–Crippen LogP) is 2.04. The van der Waals surface area contributed by atoms with Crippen molar-refractivity contribution in [3.05, 3.63) is 57.8 Å². The molecule has 0 spiro atoms. The molecule has 5 heteroatoms. The van der Waals surface area contributed by atoms with E-state index in [9.17, 15) is 9.59 Å². The maximum absolute atomic E-state index is 11.8. The molecule has 0 saturated carbocycles. The van der Waals surface area contributed by atoms with Crippen molar-refractivity contribution < 1.29 is 9.59 Å². The zero-order valence-corrected chi connectivity index (χ0v) is 11.3. The third-order valence-electron chi connectivity index (χ3n) is 2.65. The van der Waals surface area contributed by atoms with Crippen LogP contribution in [0.4, 0.5) is 0 Å². The van der Waals surface area contributed by atoms with Gasteiger partial charge in [0.25, 0.3) is 11.8 Å². The molecule has 1 aromatic carbocycles. The van der Waals surface area contributed by atoms with Gasteiger partial charge in [-0.25, -0.2) is 0 Å². The Hall–Kier alpha value is -2.14. The highest BCUT2D eigenvalue weighted by Crippen LogP contribution is 2.08. The molecule has 0 fully saturated rings. The maximum atomic E-state index is 11.8. The van der Waals surface area contributed by atoms with Crippen molar-refractivity contribution in [3.63, 3.8) is 0 Å². The minimum absolute atomic E-state index is 0.105. The van der Waals surface area contributed by atoms with Gasteiger partial charge in [0.15, 0.2) is 0 Å². The lowest BCUT2D eigenvalue weighted by Crippen LogP contribution is -2.23. The molecular weight excluding hydrogens is 260 g/mol. The molecule has 2 amide bonds. The maximum Gasteiger partial charge on any atom is 0.252 e. The van der Waals surface area contributed by atoms with Gasteiger partial charge in [0, 0.05) is 30.1 Å². The molecule has 2 rings (SSSR count). The number of amides is 2. The molecule has 0 bridgehead atoms. The minimum Gasteiger partial charge on any atom is -0.355 e. The number of nitrogens with one attached hydrogen (secondary N) is 2. The Labute approximate surface area is 115 Å². The van der Waals surface area contributed by atoms with Crippen molar-refractivity contribution in [2.75, 3.05) is 7.05 Å². The summed E-state index contributed by atoms with van der Waals surface area (Å²) in [5.41, 5.74) is 2.14. The van der Waals surface area contributed by atoms with Gasteiger partial charge in [0.1, 0.15) is 0 Å². The van der Waals surface area contributed by atoms with Crippen molar-refractivity contribution in [3.8, 4) is 0 Å². The molecule has 2 aromatic rings. The Bertz CT molecular complexity index is 579. The van der Waals surface area contributed by atoms with Gasteiger partial charge in [-0.3, -0.25) is 9.59 Å². The Morgan fingerprint density at radius 3 is 2.68 bits per heavy atom. The van der Waals surface area contributed by atoms with Gasteiger partial charge in [0.2, 0.25) is 0 Å². The summed E-state index contributed by atoms with van der Waals surface area (Å²) in [6, 6.07) is 8.97. The van der Waals surface area contributed by atoms with Gasteiger partial charge in [-0.2, -0.15) is 11.3 Å². The van der Waals surface area contributed by atoms with Crippen LogP contribution in [-0.4, -0.2) is 18.9 Å². The highest BCUT2D eigenvalue weighted by Gasteiger charge is 2.07. The number of rotatable bonds is 4. The Morgan fingerprint density at radius 1 is 1.16 bits per heavy atom. The van der Waals surface area contributed by atoms with E-state index in [0.717, 1.165) is 5.56 Å². The second-order valence-electron chi connectivity index (χ2n) is 3.97. The second-order valence-corrected chi connectivity index (χ2v) is 4.75. The summed E-state index contributed by atoms with van der Waals surface area (Å²) in [7, 11) is 1.59. The van der Waals surface area contributed by atoms with Crippen molar-refractivity contribution in [1.29, 1.82) is 0 Å². The zero-order chi connectivity index (χ0) is 13.7. The van der Waals surface area contributed by atoms with Crippen LogP contribution in [-0.2, 0) is 6.54 Å². The topological polar surface area (TPSA) is 58.2 Å². The molecule has 19 heavy (non-hydrogen) atoms. The van der Waals surface area contributed by atoms with Crippen LogP contribution in [0.2, 0.25) is 0 Å². The zero-order valence-electron chi connectivity index (χ0n) is 10.5. The number of benzene rings is 1. The molecule has 2 N–H and O–H groups in total. The van der Waals surface area contributed by atoms with E-state index in [0.29, 0.717) is 17.7 Å². The van der Waals surface area contributed by atoms with E-state index in [-0.39, 0.29) is 11.8 Å². The molecule has 0 saturated heterocycles. The number of carbonyl (C=O) groups is 2. The van der Waals surface area contributed by atoms with E-state index in [2.05, 4.69) is 10.6 Å². The van der Waals surface area contributed by atoms with Crippen LogP contribution in [0.3, 0.4) is 0 Å². The first kappa shape index (κ1) is 13.3. The molecule has 0 aliphatic carbocycles. The van der Waals surface area contributed by atoms with E-state index >= 15 is 0 Å². The Kier molecular flexibility index (Phi) is 4.30. The standard InChI is InChI=1S/C14H14N2O2S/c1-15-13(17)11-4-2-3-10(7-11)8-16-14(18)12-5-6-19-9-12/h2-7,9H,8H2,1H3,(H,15,17)(H,16,18). The summed E-state index contributed by atoms with van der Waals surface area (Å²) in [6.45, 7) is 0.402. The number of carbonyl (C=O) groups excluding carboxylic acids is 2. The van der Waals surface area contributed by atoms with E-state index in [1.807, 2.05) is 11.4 Å². The van der Waals surface area contributed by atoms with Crippen LogP contribution in [0.25, 0.3) is 0 Å². The molecule has 98 valence electrons. The van der Waals surface area contributed by atoms with E-state index in [4.69, 9.17) is 0 Å². The summed E-state index contributed by atoms with van der Waals surface area (Å²) < 4.78 is 0. The van der Waals surface area contributed by atoms with Crippen LogP contribution in [0.15, 0.2) is 41.1 Å². The van der Waals surface area contributed by atoms with Crippen LogP contribution in [0.5, 0.6) is 0 Å². The summed E-state index contributed by atoms with van der Waals surface area (Å²) in [4.78, 5) is 23.3. The van der Waals surface area contributed by atoms with Crippen LogP contribution in [0, 0.1) is 0 Å². The normalized spacial score (nSPS) is 9.95. The third kappa shape index (κ3) is 3.42. The molecule has 1 aromatic heterocycles. The Balaban J connectivity index is 2.00. The molecule has 0 unspecified atom stereocenters. The number of hydrogen-bond acceptors (Lipinski definition) is 3.